The van der Waals surface area contributed by atoms with Crippen molar-refractivity contribution in [3.8, 4) is 0 Å². The van der Waals surface area contributed by atoms with Crippen molar-refractivity contribution in [2.45, 2.75) is 57.7 Å². The lowest BCUT2D eigenvalue weighted by Gasteiger charge is -2.34. The van der Waals surface area contributed by atoms with Gasteiger partial charge in [0.2, 0.25) is 5.91 Å². The van der Waals surface area contributed by atoms with Crippen LogP contribution in [0.3, 0.4) is 0 Å². The summed E-state index contributed by atoms with van der Waals surface area (Å²) in [5, 5.41) is 2.74. The van der Waals surface area contributed by atoms with E-state index in [4.69, 9.17) is 10.5 Å². The summed E-state index contributed by atoms with van der Waals surface area (Å²) >= 11 is 0. The van der Waals surface area contributed by atoms with Crippen LogP contribution >= 0.6 is 0 Å². The van der Waals surface area contributed by atoms with Crippen molar-refractivity contribution in [2.75, 3.05) is 14.1 Å². The lowest BCUT2D eigenvalue weighted by molar-refractivity contribution is -0.135. The van der Waals surface area contributed by atoms with Crippen LogP contribution in [0.4, 0.5) is 4.79 Å². The van der Waals surface area contributed by atoms with Crippen molar-refractivity contribution < 1.29 is 14.3 Å². The fourth-order valence-corrected chi connectivity index (χ4v) is 2.35. The Bertz CT molecular complexity index is 363. The minimum absolute atomic E-state index is 0.0710. The van der Waals surface area contributed by atoms with E-state index in [1.807, 2.05) is 20.8 Å². The SMILES string of the molecule is CN(C)C(=O)[C@H]1CC[C@@H](N)[C@H](OC(=O)NC(C)(C)C)C1. The van der Waals surface area contributed by atoms with E-state index in [-0.39, 0.29) is 23.4 Å². The zero-order valence-electron chi connectivity index (χ0n) is 13.1. The number of rotatable bonds is 2. The van der Waals surface area contributed by atoms with E-state index in [0.29, 0.717) is 12.8 Å². The van der Waals surface area contributed by atoms with Gasteiger partial charge in [-0.1, -0.05) is 0 Å². The number of nitrogens with two attached hydrogens (primary N) is 1. The van der Waals surface area contributed by atoms with Gasteiger partial charge in [-0.05, 0) is 40.0 Å². The number of hydrogen-bond acceptors (Lipinski definition) is 4. The predicted octanol–water partition coefficient (Wildman–Crippen LogP) is 1.10. The summed E-state index contributed by atoms with van der Waals surface area (Å²) in [7, 11) is 3.47. The molecule has 0 spiro atoms. The monoisotopic (exact) mass is 285 g/mol. The molecule has 3 atom stereocenters. The average Bonchev–Trinajstić information content (AvgIpc) is 2.28. The molecule has 2 amide bonds. The molecule has 0 aromatic heterocycles. The first-order valence-electron chi connectivity index (χ1n) is 7.05. The summed E-state index contributed by atoms with van der Waals surface area (Å²) in [6, 6.07) is -0.202. The molecule has 20 heavy (non-hydrogen) atoms. The van der Waals surface area contributed by atoms with Crippen molar-refractivity contribution in [1.82, 2.24) is 10.2 Å². The highest BCUT2D eigenvalue weighted by Gasteiger charge is 2.35. The molecule has 0 aromatic rings. The number of amides is 2. The molecule has 0 aromatic carbocycles. The van der Waals surface area contributed by atoms with Gasteiger partial charge < -0.3 is 20.7 Å². The molecule has 0 bridgehead atoms. The molecule has 6 nitrogen and oxygen atoms in total. The molecule has 1 rings (SSSR count). The summed E-state index contributed by atoms with van der Waals surface area (Å²) in [6.07, 6.45) is 1.06. The Morgan fingerprint density at radius 3 is 2.35 bits per heavy atom. The number of hydrogen-bond donors (Lipinski definition) is 2. The summed E-state index contributed by atoms with van der Waals surface area (Å²) in [4.78, 5) is 25.4. The first kappa shape index (κ1) is 16.8. The molecule has 0 saturated heterocycles. The Kier molecular flexibility index (Phi) is 5.39. The van der Waals surface area contributed by atoms with E-state index in [9.17, 15) is 9.59 Å². The highest BCUT2D eigenvalue weighted by atomic mass is 16.6. The third-order valence-corrected chi connectivity index (χ3v) is 3.37. The minimum Gasteiger partial charge on any atom is -0.445 e. The minimum atomic E-state index is -0.476. The number of alkyl carbamates (subject to hydrolysis) is 1. The number of ether oxygens (including phenoxy) is 1. The summed E-state index contributed by atoms with van der Waals surface area (Å²) in [5.74, 6) is -0.0426. The Morgan fingerprint density at radius 2 is 1.85 bits per heavy atom. The van der Waals surface area contributed by atoms with Gasteiger partial charge in [0.25, 0.3) is 0 Å². The second-order valence-corrected chi connectivity index (χ2v) is 6.73. The Hall–Kier alpha value is -1.30. The molecule has 1 aliphatic carbocycles. The van der Waals surface area contributed by atoms with Crippen LogP contribution in [0.15, 0.2) is 0 Å². The van der Waals surface area contributed by atoms with Gasteiger partial charge in [-0.15, -0.1) is 0 Å². The van der Waals surface area contributed by atoms with Gasteiger partial charge in [0.15, 0.2) is 0 Å². The summed E-state index contributed by atoms with van der Waals surface area (Å²) in [6.45, 7) is 5.65. The predicted molar refractivity (Wildman–Crippen MR) is 77.2 cm³/mol. The van der Waals surface area contributed by atoms with Gasteiger partial charge in [-0.3, -0.25) is 4.79 Å². The van der Waals surface area contributed by atoms with Crippen molar-refractivity contribution in [2.24, 2.45) is 11.7 Å². The second kappa shape index (κ2) is 6.43. The smallest absolute Gasteiger partial charge is 0.407 e. The van der Waals surface area contributed by atoms with E-state index in [1.165, 1.54) is 0 Å². The average molecular weight is 285 g/mol. The van der Waals surface area contributed by atoms with Crippen LogP contribution in [0.5, 0.6) is 0 Å². The van der Waals surface area contributed by atoms with Crippen LogP contribution in [0.2, 0.25) is 0 Å². The number of nitrogens with one attached hydrogen (secondary N) is 1. The molecule has 1 fully saturated rings. The van der Waals surface area contributed by atoms with Crippen LogP contribution in [0.1, 0.15) is 40.0 Å². The third-order valence-electron chi connectivity index (χ3n) is 3.37. The zero-order valence-corrected chi connectivity index (χ0v) is 13.1. The topological polar surface area (TPSA) is 84.7 Å². The van der Waals surface area contributed by atoms with Crippen LogP contribution in [-0.4, -0.2) is 48.7 Å². The lowest BCUT2D eigenvalue weighted by atomic mass is 9.83. The third kappa shape index (κ3) is 5.00. The first-order valence-corrected chi connectivity index (χ1v) is 7.05. The van der Waals surface area contributed by atoms with Crippen LogP contribution in [0.25, 0.3) is 0 Å². The molecular formula is C14H27N3O3. The van der Waals surface area contributed by atoms with Gasteiger partial charge in [0.1, 0.15) is 6.10 Å². The number of nitrogens with zero attached hydrogens (tertiary/aromatic N) is 1. The van der Waals surface area contributed by atoms with Gasteiger partial charge in [-0.25, -0.2) is 4.79 Å². The Labute approximate surface area is 121 Å². The quantitative estimate of drug-likeness (QED) is 0.795. The van der Waals surface area contributed by atoms with E-state index in [0.717, 1.165) is 6.42 Å². The van der Waals surface area contributed by atoms with Crippen molar-refractivity contribution in [3.05, 3.63) is 0 Å². The summed E-state index contributed by atoms with van der Waals surface area (Å²) < 4.78 is 5.39. The normalized spacial score (nSPS) is 26.8. The van der Waals surface area contributed by atoms with Crippen molar-refractivity contribution in [1.29, 1.82) is 0 Å². The van der Waals surface area contributed by atoms with Gasteiger partial charge in [0, 0.05) is 31.6 Å². The highest BCUT2D eigenvalue weighted by molar-refractivity contribution is 5.78. The molecule has 1 aliphatic rings. The van der Waals surface area contributed by atoms with Gasteiger partial charge in [0.05, 0.1) is 0 Å². The molecule has 0 heterocycles. The molecule has 116 valence electrons. The van der Waals surface area contributed by atoms with E-state index >= 15 is 0 Å². The lowest BCUT2D eigenvalue weighted by Crippen LogP contribution is -2.49. The molecular weight excluding hydrogens is 258 g/mol. The maximum absolute atomic E-state index is 12.0. The largest absolute Gasteiger partial charge is 0.445 e. The molecule has 3 N–H and O–H groups in total. The van der Waals surface area contributed by atoms with Gasteiger partial charge >= 0.3 is 6.09 Å². The molecule has 1 saturated carbocycles. The Balaban J connectivity index is 2.59. The fourth-order valence-electron chi connectivity index (χ4n) is 2.35. The summed E-state index contributed by atoms with van der Waals surface area (Å²) in [5.41, 5.74) is 5.65. The highest BCUT2D eigenvalue weighted by Crippen LogP contribution is 2.27. The van der Waals surface area contributed by atoms with Gasteiger partial charge in [-0.2, -0.15) is 0 Å². The van der Waals surface area contributed by atoms with Crippen LogP contribution in [0, 0.1) is 5.92 Å². The first-order chi connectivity index (χ1) is 9.10. The van der Waals surface area contributed by atoms with Crippen molar-refractivity contribution >= 4 is 12.0 Å². The molecule has 0 radical (unpaired) electrons. The van der Waals surface area contributed by atoms with E-state index < -0.39 is 12.2 Å². The zero-order chi connectivity index (χ0) is 15.5. The maximum atomic E-state index is 12.0. The number of carbonyl (C=O) groups excluding carboxylic acids is 2. The fraction of sp³-hybridized carbons (Fsp3) is 0.857. The maximum Gasteiger partial charge on any atom is 0.407 e. The van der Waals surface area contributed by atoms with Crippen LogP contribution in [-0.2, 0) is 9.53 Å². The molecule has 6 heteroatoms. The second-order valence-electron chi connectivity index (χ2n) is 6.73. The van der Waals surface area contributed by atoms with E-state index in [1.54, 1.807) is 19.0 Å². The standard InChI is InChI=1S/C14H27N3O3/c1-14(2,3)16-13(19)20-11-8-9(6-7-10(11)15)12(18)17(4)5/h9-11H,6-8,15H2,1-5H3,(H,16,19)/t9-,10+,11+/m0/s1. The van der Waals surface area contributed by atoms with Crippen LogP contribution < -0.4 is 11.1 Å². The van der Waals surface area contributed by atoms with E-state index in [2.05, 4.69) is 5.32 Å². The van der Waals surface area contributed by atoms with Crippen molar-refractivity contribution in [3.63, 3.8) is 0 Å². The number of carbonyl (C=O) groups is 2. The molecule has 0 aliphatic heterocycles. The Morgan fingerprint density at radius 1 is 1.25 bits per heavy atom. The molecule has 0 unspecified atom stereocenters.